The van der Waals surface area contributed by atoms with Crippen LogP contribution in [0, 0.1) is 0 Å². The fraction of sp³-hybridized carbons (Fsp3) is 0.500. The molecule has 0 saturated heterocycles. The van der Waals surface area contributed by atoms with E-state index in [1.54, 1.807) is 7.11 Å². The van der Waals surface area contributed by atoms with E-state index in [0.717, 1.165) is 6.42 Å². The van der Waals surface area contributed by atoms with Crippen LogP contribution in [0.25, 0.3) is 0 Å². The number of hydrogen-bond donors (Lipinski definition) is 1. The number of methoxy groups -OCH3 is 1. The maximum absolute atomic E-state index is 5.57. The lowest BCUT2D eigenvalue weighted by Gasteiger charge is -2.06. The SMILES string of the molecule is COCCCOc1nc(Cl)ncc1N. The number of nitrogens with zero attached hydrogens (tertiary/aromatic N) is 2. The summed E-state index contributed by atoms with van der Waals surface area (Å²) in [6.07, 6.45) is 2.19. The lowest BCUT2D eigenvalue weighted by Crippen LogP contribution is -2.05. The minimum atomic E-state index is 0.126. The van der Waals surface area contributed by atoms with Crippen LogP contribution in [0.2, 0.25) is 5.28 Å². The van der Waals surface area contributed by atoms with Crippen LogP contribution in [0.15, 0.2) is 6.20 Å². The molecule has 0 amide bonds. The standard InChI is InChI=1S/C8H12ClN3O2/c1-13-3-2-4-14-7-6(10)5-11-8(9)12-7/h5H,2-4,10H2,1H3. The van der Waals surface area contributed by atoms with Crippen molar-refractivity contribution in [1.29, 1.82) is 0 Å². The predicted molar refractivity (Wildman–Crippen MR) is 53.4 cm³/mol. The Labute approximate surface area is 87.2 Å². The fourth-order valence-corrected chi connectivity index (χ4v) is 0.969. The van der Waals surface area contributed by atoms with Gasteiger partial charge in [0.25, 0.3) is 0 Å². The molecule has 0 unspecified atom stereocenters. The molecule has 0 bridgehead atoms. The van der Waals surface area contributed by atoms with Crippen molar-refractivity contribution in [3.8, 4) is 5.88 Å². The number of halogens is 1. The Bertz CT molecular complexity index is 296. The molecule has 6 heteroatoms. The van der Waals surface area contributed by atoms with Gasteiger partial charge < -0.3 is 15.2 Å². The number of anilines is 1. The summed E-state index contributed by atoms with van der Waals surface area (Å²) >= 11 is 5.57. The third kappa shape index (κ3) is 3.35. The van der Waals surface area contributed by atoms with Crippen molar-refractivity contribution < 1.29 is 9.47 Å². The Hall–Kier alpha value is -1.07. The number of aromatic nitrogens is 2. The van der Waals surface area contributed by atoms with E-state index >= 15 is 0 Å². The zero-order valence-corrected chi connectivity index (χ0v) is 8.62. The Morgan fingerprint density at radius 2 is 2.29 bits per heavy atom. The van der Waals surface area contributed by atoms with E-state index in [4.69, 9.17) is 26.8 Å². The maximum atomic E-state index is 5.57. The highest BCUT2D eigenvalue weighted by molar-refractivity contribution is 6.28. The molecule has 0 radical (unpaired) electrons. The lowest BCUT2D eigenvalue weighted by atomic mass is 10.5. The van der Waals surface area contributed by atoms with Crippen LogP contribution < -0.4 is 10.5 Å². The normalized spacial score (nSPS) is 10.1. The average molecular weight is 218 g/mol. The average Bonchev–Trinajstić information content (AvgIpc) is 2.18. The van der Waals surface area contributed by atoms with Crippen LogP contribution in [-0.2, 0) is 4.74 Å². The number of ether oxygens (including phenoxy) is 2. The van der Waals surface area contributed by atoms with Gasteiger partial charge in [0.1, 0.15) is 5.69 Å². The Kier molecular flexibility index (Phi) is 4.42. The number of nitrogen functional groups attached to an aromatic ring is 1. The lowest BCUT2D eigenvalue weighted by molar-refractivity contribution is 0.171. The van der Waals surface area contributed by atoms with E-state index in [0.29, 0.717) is 24.8 Å². The van der Waals surface area contributed by atoms with Crippen molar-refractivity contribution in [2.45, 2.75) is 6.42 Å². The molecular weight excluding hydrogens is 206 g/mol. The zero-order valence-electron chi connectivity index (χ0n) is 7.86. The fourth-order valence-electron chi connectivity index (χ4n) is 0.843. The number of rotatable bonds is 5. The first-order valence-electron chi connectivity index (χ1n) is 4.14. The van der Waals surface area contributed by atoms with E-state index in [9.17, 15) is 0 Å². The van der Waals surface area contributed by atoms with Gasteiger partial charge in [-0.3, -0.25) is 0 Å². The third-order valence-electron chi connectivity index (χ3n) is 1.48. The van der Waals surface area contributed by atoms with Gasteiger partial charge in [-0.05, 0) is 11.6 Å². The van der Waals surface area contributed by atoms with E-state index in [2.05, 4.69) is 9.97 Å². The monoisotopic (exact) mass is 217 g/mol. The largest absolute Gasteiger partial charge is 0.476 e. The van der Waals surface area contributed by atoms with Gasteiger partial charge in [0.15, 0.2) is 0 Å². The molecule has 78 valence electrons. The van der Waals surface area contributed by atoms with E-state index in [-0.39, 0.29) is 5.28 Å². The first-order chi connectivity index (χ1) is 6.74. The van der Waals surface area contributed by atoms with Gasteiger partial charge in [0.2, 0.25) is 11.2 Å². The summed E-state index contributed by atoms with van der Waals surface area (Å²) in [6.45, 7) is 1.13. The van der Waals surface area contributed by atoms with E-state index in [1.807, 2.05) is 0 Å². The zero-order chi connectivity index (χ0) is 10.4. The molecule has 2 N–H and O–H groups in total. The number of hydrogen-bond acceptors (Lipinski definition) is 5. The molecule has 14 heavy (non-hydrogen) atoms. The summed E-state index contributed by atoms with van der Waals surface area (Å²) in [7, 11) is 1.63. The van der Waals surface area contributed by atoms with Crippen molar-refractivity contribution in [2.75, 3.05) is 26.1 Å². The van der Waals surface area contributed by atoms with Gasteiger partial charge in [-0.15, -0.1) is 0 Å². The molecule has 0 atom stereocenters. The molecule has 5 nitrogen and oxygen atoms in total. The molecule has 1 heterocycles. The molecule has 1 aromatic heterocycles. The molecule has 0 spiro atoms. The molecular formula is C8H12ClN3O2. The molecule has 0 aliphatic carbocycles. The predicted octanol–water partition coefficient (Wildman–Crippen LogP) is 1.13. The Morgan fingerprint density at radius 1 is 1.50 bits per heavy atom. The van der Waals surface area contributed by atoms with Crippen LogP contribution in [0.1, 0.15) is 6.42 Å². The topological polar surface area (TPSA) is 70.3 Å². The van der Waals surface area contributed by atoms with Gasteiger partial charge >= 0.3 is 0 Å². The Balaban J connectivity index is 2.45. The molecule has 0 aromatic carbocycles. The molecule has 0 saturated carbocycles. The minimum Gasteiger partial charge on any atom is -0.476 e. The highest BCUT2D eigenvalue weighted by atomic mass is 35.5. The van der Waals surface area contributed by atoms with Gasteiger partial charge in [0.05, 0.1) is 12.8 Å². The van der Waals surface area contributed by atoms with Gasteiger partial charge in [0, 0.05) is 20.1 Å². The van der Waals surface area contributed by atoms with Crippen LogP contribution >= 0.6 is 11.6 Å². The summed E-state index contributed by atoms with van der Waals surface area (Å²) < 4.78 is 10.1. The van der Waals surface area contributed by atoms with Crippen molar-refractivity contribution in [3.63, 3.8) is 0 Å². The molecule has 1 rings (SSSR count). The third-order valence-corrected chi connectivity index (χ3v) is 1.66. The van der Waals surface area contributed by atoms with Crippen molar-refractivity contribution in [2.24, 2.45) is 0 Å². The second-order valence-corrected chi connectivity index (χ2v) is 2.93. The maximum Gasteiger partial charge on any atom is 0.241 e. The molecule has 0 aliphatic rings. The van der Waals surface area contributed by atoms with Crippen molar-refractivity contribution >= 4 is 17.3 Å². The quantitative estimate of drug-likeness (QED) is 0.591. The van der Waals surface area contributed by atoms with Crippen molar-refractivity contribution in [1.82, 2.24) is 9.97 Å². The van der Waals surface area contributed by atoms with Gasteiger partial charge in [-0.25, -0.2) is 4.98 Å². The first kappa shape index (κ1) is 11.0. The number of nitrogens with two attached hydrogens (primary N) is 1. The molecule has 0 fully saturated rings. The van der Waals surface area contributed by atoms with E-state index in [1.165, 1.54) is 6.20 Å². The van der Waals surface area contributed by atoms with Crippen LogP contribution in [-0.4, -0.2) is 30.3 Å². The molecule has 0 aliphatic heterocycles. The van der Waals surface area contributed by atoms with Gasteiger partial charge in [-0.1, -0.05) is 0 Å². The van der Waals surface area contributed by atoms with Crippen LogP contribution in [0.4, 0.5) is 5.69 Å². The second-order valence-electron chi connectivity index (χ2n) is 2.59. The summed E-state index contributed by atoms with van der Waals surface area (Å²) in [5.74, 6) is 0.320. The van der Waals surface area contributed by atoms with Gasteiger partial charge in [-0.2, -0.15) is 4.98 Å². The minimum absolute atomic E-state index is 0.126. The van der Waals surface area contributed by atoms with Crippen LogP contribution in [0.3, 0.4) is 0 Å². The summed E-state index contributed by atoms with van der Waals surface area (Å²) in [4.78, 5) is 7.55. The second kappa shape index (κ2) is 5.62. The smallest absolute Gasteiger partial charge is 0.241 e. The molecule has 1 aromatic rings. The summed E-state index contributed by atoms with van der Waals surface area (Å²) in [5, 5.41) is 0.126. The summed E-state index contributed by atoms with van der Waals surface area (Å²) in [5.41, 5.74) is 5.95. The van der Waals surface area contributed by atoms with Crippen molar-refractivity contribution in [3.05, 3.63) is 11.5 Å². The van der Waals surface area contributed by atoms with E-state index < -0.39 is 0 Å². The summed E-state index contributed by atoms with van der Waals surface area (Å²) in [6, 6.07) is 0. The first-order valence-corrected chi connectivity index (χ1v) is 4.51. The highest BCUT2D eigenvalue weighted by Gasteiger charge is 2.03. The Morgan fingerprint density at radius 3 is 3.00 bits per heavy atom. The highest BCUT2D eigenvalue weighted by Crippen LogP contribution is 2.18. The van der Waals surface area contributed by atoms with Crippen LogP contribution in [0.5, 0.6) is 5.88 Å².